The van der Waals surface area contributed by atoms with Crippen LogP contribution in [0, 0.1) is 5.92 Å². The Labute approximate surface area is 178 Å². The van der Waals surface area contributed by atoms with Gasteiger partial charge in [-0.1, -0.05) is 75.2 Å². The molecule has 1 heterocycles. The molecule has 154 valence electrons. The zero-order chi connectivity index (χ0) is 20.4. The lowest BCUT2D eigenvalue weighted by molar-refractivity contribution is 0.282. The van der Waals surface area contributed by atoms with Gasteiger partial charge in [0.2, 0.25) is 0 Å². The maximum atomic E-state index is 13.9. The van der Waals surface area contributed by atoms with E-state index >= 15 is 0 Å². The van der Waals surface area contributed by atoms with Gasteiger partial charge >= 0.3 is 0 Å². The number of allylic oxidation sites excluding steroid dienone is 1. The molecule has 0 bridgehead atoms. The first-order chi connectivity index (χ1) is 14.1. The van der Waals surface area contributed by atoms with E-state index in [1.165, 1.54) is 24.8 Å². The summed E-state index contributed by atoms with van der Waals surface area (Å²) in [7, 11) is 0. The van der Waals surface area contributed by atoms with Gasteiger partial charge in [-0.25, -0.2) is 4.98 Å². The van der Waals surface area contributed by atoms with Gasteiger partial charge in [-0.05, 0) is 37.2 Å². The molecule has 1 spiro atoms. The highest BCUT2D eigenvalue weighted by atomic mass is 32.2. The molecule has 0 radical (unpaired) electrons. The first kappa shape index (κ1) is 20.5. The molecule has 0 amide bonds. The summed E-state index contributed by atoms with van der Waals surface area (Å²) in [5.41, 5.74) is 4.56. The highest BCUT2D eigenvalue weighted by molar-refractivity contribution is 7.99. The predicted octanol–water partition coefficient (Wildman–Crippen LogP) is 5.99. The third-order valence-corrected chi connectivity index (χ3v) is 7.52. The number of fused-ring (bicyclic) bond motifs is 4. The fraction of sp³-hybridized carbons (Fsp3) is 0.520. The molecule has 0 unspecified atom stereocenters. The van der Waals surface area contributed by atoms with E-state index in [4.69, 9.17) is 4.98 Å². The van der Waals surface area contributed by atoms with Gasteiger partial charge in [-0.15, -0.1) is 6.58 Å². The Balaban J connectivity index is 1.90. The second-order valence-electron chi connectivity index (χ2n) is 9.03. The Hall–Kier alpha value is -1.81. The minimum Gasteiger partial charge on any atom is -0.283 e. The fourth-order valence-corrected chi connectivity index (χ4v) is 6.25. The molecule has 3 nitrogen and oxygen atoms in total. The molecule has 0 N–H and O–H groups in total. The van der Waals surface area contributed by atoms with Crippen LogP contribution in [0.2, 0.25) is 0 Å². The van der Waals surface area contributed by atoms with Gasteiger partial charge in [-0.2, -0.15) is 0 Å². The molecule has 29 heavy (non-hydrogen) atoms. The number of rotatable bonds is 6. The van der Waals surface area contributed by atoms with E-state index < -0.39 is 0 Å². The van der Waals surface area contributed by atoms with E-state index in [0.717, 1.165) is 53.4 Å². The Kier molecular flexibility index (Phi) is 6.00. The average molecular weight is 409 g/mol. The van der Waals surface area contributed by atoms with Gasteiger partial charge in [0.05, 0.1) is 11.3 Å². The molecule has 1 saturated carbocycles. The van der Waals surface area contributed by atoms with Crippen LogP contribution >= 0.6 is 11.8 Å². The molecule has 2 aliphatic rings. The molecule has 0 aliphatic heterocycles. The summed E-state index contributed by atoms with van der Waals surface area (Å²) in [5, 5.41) is 0.844. The van der Waals surface area contributed by atoms with Crippen molar-refractivity contribution in [3.63, 3.8) is 0 Å². The summed E-state index contributed by atoms with van der Waals surface area (Å²) in [6, 6.07) is 8.58. The Bertz CT molecular complexity index is 954. The van der Waals surface area contributed by atoms with E-state index in [9.17, 15) is 4.79 Å². The number of benzene rings is 1. The van der Waals surface area contributed by atoms with Gasteiger partial charge in [0.25, 0.3) is 5.56 Å². The predicted molar refractivity (Wildman–Crippen MR) is 123 cm³/mol. The van der Waals surface area contributed by atoms with Gasteiger partial charge in [-0.3, -0.25) is 9.36 Å². The minimum absolute atomic E-state index is 0.0456. The lowest BCUT2D eigenvalue weighted by Crippen LogP contribution is -2.43. The molecule has 4 rings (SSSR count). The van der Waals surface area contributed by atoms with Gasteiger partial charge in [0.1, 0.15) is 0 Å². The molecular formula is C25H32N2OS. The standard InChI is InChI=1S/C25H32N2OS/c1-4-15-27-23(28)21-22(26-24(27)29-16-12-18(2)3)20-11-7-6-10-19(20)17-25(21)13-8-5-9-14-25/h4,6-7,10-11,18H,1,5,8-9,12-17H2,2-3H3. The van der Waals surface area contributed by atoms with E-state index in [0.29, 0.717) is 12.5 Å². The number of nitrogens with zero attached hydrogens (tertiary/aromatic N) is 2. The van der Waals surface area contributed by atoms with Gasteiger partial charge in [0, 0.05) is 23.3 Å². The lowest BCUT2D eigenvalue weighted by atomic mass is 9.62. The highest BCUT2D eigenvalue weighted by Crippen LogP contribution is 2.48. The van der Waals surface area contributed by atoms with Crippen molar-refractivity contribution in [2.45, 2.75) is 75.9 Å². The smallest absolute Gasteiger partial charge is 0.258 e. The second kappa shape index (κ2) is 8.51. The molecular weight excluding hydrogens is 376 g/mol. The maximum Gasteiger partial charge on any atom is 0.258 e. The first-order valence-corrected chi connectivity index (χ1v) is 12.0. The number of aromatic nitrogens is 2. The third kappa shape index (κ3) is 3.84. The van der Waals surface area contributed by atoms with Crippen LogP contribution in [-0.4, -0.2) is 15.3 Å². The van der Waals surface area contributed by atoms with E-state index in [-0.39, 0.29) is 11.0 Å². The van der Waals surface area contributed by atoms with Crippen LogP contribution in [0.15, 0.2) is 46.9 Å². The van der Waals surface area contributed by atoms with Crippen LogP contribution in [0.4, 0.5) is 0 Å². The van der Waals surface area contributed by atoms with Crippen molar-refractivity contribution >= 4 is 11.8 Å². The van der Waals surface area contributed by atoms with Crippen molar-refractivity contribution in [3.05, 3.63) is 58.4 Å². The van der Waals surface area contributed by atoms with Crippen LogP contribution < -0.4 is 5.56 Å². The molecule has 2 aromatic rings. The summed E-state index contributed by atoms with van der Waals surface area (Å²) in [5.74, 6) is 1.62. The first-order valence-electron chi connectivity index (χ1n) is 11.0. The quantitative estimate of drug-likeness (QED) is 0.334. The van der Waals surface area contributed by atoms with E-state index in [1.54, 1.807) is 11.8 Å². The summed E-state index contributed by atoms with van der Waals surface area (Å²) in [6.07, 6.45) is 9.79. The maximum absolute atomic E-state index is 13.9. The Morgan fingerprint density at radius 3 is 2.72 bits per heavy atom. The average Bonchev–Trinajstić information content (AvgIpc) is 2.71. The van der Waals surface area contributed by atoms with Crippen LogP contribution in [0.5, 0.6) is 0 Å². The molecule has 0 saturated heterocycles. The molecule has 1 aromatic carbocycles. The molecule has 2 aliphatic carbocycles. The Morgan fingerprint density at radius 1 is 1.24 bits per heavy atom. The summed E-state index contributed by atoms with van der Waals surface area (Å²) in [6.45, 7) is 8.90. The van der Waals surface area contributed by atoms with Crippen LogP contribution in [0.1, 0.15) is 63.5 Å². The van der Waals surface area contributed by atoms with Crippen molar-refractivity contribution in [3.8, 4) is 11.3 Å². The minimum atomic E-state index is -0.0456. The summed E-state index contributed by atoms with van der Waals surface area (Å²) < 4.78 is 1.88. The number of hydrogen-bond donors (Lipinski definition) is 0. The summed E-state index contributed by atoms with van der Waals surface area (Å²) >= 11 is 1.72. The zero-order valence-electron chi connectivity index (χ0n) is 17.7. The van der Waals surface area contributed by atoms with Crippen molar-refractivity contribution in [1.29, 1.82) is 0 Å². The SMILES string of the molecule is C=CCn1c(SCCC(C)C)nc2c(c1=O)C1(CCCCC1)Cc1ccccc1-2. The fourth-order valence-electron chi connectivity index (χ4n) is 5.01. The third-order valence-electron chi connectivity index (χ3n) is 6.51. The Morgan fingerprint density at radius 2 is 2.00 bits per heavy atom. The topological polar surface area (TPSA) is 34.9 Å². The lowest BCUT2D eigenvalue weighted by Gasteiger charge is -2.42. The van der Waals surface area contributed by atoms with Crippen LogP contribution in [-0.2, 0) is 18.4 Å². The largest absolute Gasteiger partial charge is 0.283 e. The van der Waals surface area contributed by atoms with Crippen molar-refractivity contribution in [1.82, 2.24) is 9.55 Å². The van der Waals surface area contributed by atoms with Crippen molar-refractivity contribution in [2.24, 2.45) is 5.92 Å². The summed E-state index contributed by atoms with van der Waals surface area (Å²) in [4.78, 5) is 19.0. The van der Waals surface area contributed by atoms with Gasteiger partial charge < -0.3 is 0 Å². The van der Waals surface area contributed by atoms with Gasteiger partial charge in [0.15, 0.2) is 5.16 Å². The number of thioether (sulfide) groups is 1. The number of hydrogen-bond acceptors (Lipinski definition) is 3. The van der Waals surface area contributed by atoms with Crippen LogP contribution in [0.3, 0.4) is 0 Å². The molecule has 4 heteroatoms. The molecule has 1 fully saturated rings. The van der Waals surface area contributed by atoms with E-state index in [2.05, 4.69) is 44.7 Å². The zero-order valence-corrected chi connectivity index (χ0v) is 18.6. The monoisotopic (exact) mass is 408 g/mol. The van der Waals surface area contributed by atoms with Crippen LogP contribution in [0.25, 0.3) is 11.3 Å². The molecule has 1 aromatic heterocycles. The molecule has 0 atom stereocenters. The second-order valence-corrected chi connectivity index (χ2v) is 10.1. The normalized spacial score (nSPS) is 17.2. The highest BCUT2D eigenvalue weighted by Gasteiger charge is 2.43. The van der Waals surface area contributed by atoms with Crippen molar-refractivity contribution < 1.29 is 0 Å². The van der Waals surface area contributed by atoms with Crippen molar-refractivity contribution in [2.75, 3.05) is 5.75 Å². The van der Waals surface area contributed by atoms with E-state index in [1.807, 2.05) is 10.6 Å².